The number of nitrogens with one attached hydrogen (secondary N) is 1. The maximum absolute atomic E-state index is 13.4. The zero-order valence-corrected chi connectivity index (χ0v) is 19.9. The van der Waals surface area contributed by atoms with Crippen molar-refractivity contribution in [3.05, 3.63) is 107 Å². The number of hydrogen-bond donors (Lipinski definition) is 1. The lowest BCUT2D eigenvalue weighted by Crippen LogP contribution is -2.40. The van der Waals surface area contributed by atoms with E-state index in [1.807, 2.05) is 42.5 Å². The summed E-state index contributed by atoms with van der Waals surface area (Å²) >= 11 is 6.15. The van der Waals surface area contributed by atoms with Crippen molar-refractivity contribution in [2.24, 2.45) is 5.10 Å². The van der Waals surface area contributed by atoms with Gasteiger partial charge in [0.2, 0.25) is 0 Å². The number of carbonyl (C=O) groups is 1. The van der Waals surface area contributed by atoms with Gasteiger partial charge in [0, 0.05) is 10.6 Å². The Morgan fingerprint density at radius 2 is 1.68 bits per heavy atom. The van der Waals surface area contributed by atoms with E-state index in [4.69, 9.17) is 11.6 Å². The number of hydrazone groups is 1. The molecule has 0 spiro atoms. The van der Waals surface area contributed by atoms with E-state index >= 15 is 0 Å². The Morgan fingerprint density at radius 1 is 0.971 bits per heavy atom. The van der Waals surface area contributed by atoms with Crippen LogP contribution in [0.25, 0.3) is 10.8 Å². The van der Waals surface area contributed by atoms with Crippen molar-refractivity contribution in [2.45, 2.75) is 11.8 Å². The Balaban J connectivity index is 1.61. The molecule has 6 nitrogen and oxygen atoms in total. The van der Waals surface area contributed by atoms with Crippen LogP contribution in [-0.2, 0) is 14.8 Å². The van der Waals surface area contributed by atoms with Gasteiger partial charge in [-0.15, -0.1) is 0 Å². The van der Waals surface area contributed by atoms with Crippen LogP contribution in [0.2, 0.25) is 5.02 Å². The zero-order valence-electron chi connectivity index (χ0n) is 18.4. The van der Waals surface area contributed by atoms with Crippen LogP contribution < -0.4 is 9.73 Å². The molecule has 34 heavy (non-hydrogen) atoms. The van der Waals surface area contributed by atoms with Crippen molar-refractivity contribution in [3.8, 4) is 0 Å². The molecule has 0 bridgehead atoms. The van der Waals surface area contributed by atoms with Crippen molar-refractivity contribution < 1.29 is 13.2 Å². The lowest BCUT2D eigenvalue weighted by molar-refractivity contribution is -0.119. The van der Waals surface area contributed by atoms with Crippen LogP contribution >= 0.6 is 11.6 Å². The molecule has 8 heteroatoms. The van der Waals surface area contributed by atoms with Crippen LogP contribution in [0.15, 0.2) is 101 Å². The molecule has 0 radical (unpaired) electrons. The number of halogens is 1. The van der Waals surface area contributed by atoms with Gasteiger partial charge in [0.1, 0.15) is 6.54 Å². The molecule has 172 valence electrons. The molecule has 4 aromatic carbocycles. The van der Waals surface area contributed by atoms with Gasteiger partial charge in [0.15, 0.2) is 0 Å². The SMILES string of the molecule is Cc1ccc(Cl)cc1N(CC(=O)N/N=C\c1cccc2ccccc12)S(=O)(=O)c1ccccc1. The third-order valence-electron chi connectivity index (χ3n) is 5.27. The Labute approximate surface area is 203 Å². The van der Waals surface area contributed by atoms with E-state index in [0.717, 1.165) is 20.6 Å². The molecule has 0 unspecified atom stereocenters. The van der Waals surface area contributed by atoms with Gasteiger partial charge in [0.05, 0.1) is 16.8 Å². The lowest BCUT2D eigenvalue weighted by Gasteiger charge is -2.25. The van der Waals surface area contributed by atoms with E-state index in [-0.39, 0.29) is 4.90 Å². The topological polar surface area (TPSA) is 78.8 Å². The molecule has 1 N–H and O–H groups in total. The van der Waals surface area contributed by atoms with E-state index in [0.29, 0.717) is 16.3 Å². The van der Waals surface area contributed by atoms with Crippen LogP contribution in [0, 0.1) is 6.92 Å². The molecule has 0 saturated heterocycles. The van der Waals surface area contributed by atoms with Gasteiger partial charge in [0.25, 0.3) is 15.9 Å². The summed E-state index contributed by atoms with van der Waals surface area (Å²) in [5, 5.41) is 6.47. The molecular formula is C26H22ClN3O3S. The predicted octanol–water partition coefficient (Wildman–Crippen LogP) is 5.15. The fourth-order valence-corrected chi connectivity index (χ4v) is 5.24. The third-order valence-corrected chi connectivity index (χ3v) is 7.28. The number of carbonyl (C=O) groups excluding carboxylic acids is 1. The van der Waals surface area contributed by atoms with Gasteiger partial charge in [-0.3, -0.25) is 9.10 Å². The predicted molar refractivity (Wildman–Crippen MR) is 137 cm³/mol. The molecular weight excluding hydrogens is 470 g/mol. The Hall–Kier alpha value is -3.68. The summed E-state index contributed by atoms with van der Waals surface area (Å²) in [5.74, 6) is -0.588. The van der Waals surface area contributed by atoms with Crippen LogP contribution in [0.5, 0.6) is 0 Å². The van der Waals surface area contributed by atoms with Crippen molar-refractivity contribution in [1.82, 2.24) is 5.43 Å². The van der Waals surface area contributed by atoms with Crippen LogP contribution in [0.1, 0.15) is 11.1 Å². The fraction of sp³-hybridized carbons (Fsp3) is 0.0769. The average Bonchev–Trinajstić information content (AvgIpc) is 2.85. The number of benzene rings is 4. The highest BCUT2D eigenvalue weighted by molar-refractivity contribution is 7.92. The molecule has 0 aliphatic rings. The molecule has 0 aromatic heterocycles. The molecule has 4 aromatic rings. The zero-order chi connectivity index (χ0) is 24.1. The monoisotopic (exact) mass is 491 g/mol. The maximum atomic E-state index is 13.4. The van der Waals surface area contributed by atoms with Gasteiger partial charge in [-0.2, -0.15) is 5.10 Å². The molecule has 0 fully saturated rings. The largest absolute Gasteiger partial charge is 0.271 e. The van der Waals surface area contributed by atoms with Crippen LogP contribution in [-0.4, -0.2) is 27.1 Å². The van der Waals surface area contributed by atoms with Gasteiger partial charge in [-0.1, -0.05) is 78.3 Å². The van der Waals surface area contributed by atoms with E-state index in [9.17, 15) is 13.2 Å². The second kappa shape index (κ2) is 10.1. The molecule has 0 atom stereocenters. The number of rotatable bonds is 7. The first-order valence-corrected chi connectivity index (χ1v) is 12.3. The molecule has 1 amide bonds. The minimum absolute atomic E-state index is 0.0708. The highest BCUT2D eigenvalue weighted by atomic mass is 35.5. The van der Waals surface area contributed by atoms with E-state index < -0.39 is 22.5 Å². The van der Waals surface area contributed by atoms with Crippen molar-refractivity contribution in [2.75, 3.05) is 10.8 Å². The highest BCUT2D eigenvalue weighted by Gasteiger charge is 2.28. The second-order valence-electron chi connectivity index (χ2n) is 7.62. The third kappa shape index (κ3) is 5.11. The molecule has 4 rings (SSSR count). The summed E-state index contributed by atoms with van der Waals surface area (Å²) in [4.78, 5) is 12.9. The summed E-state index contributed by atoms with van der Waals surface area (Å²) in [5.41, 5.74) is 4.26. The van der Waals surface area contributed by atoms with E-state index in [1.165, 1.54) is 18.2 Å². The summed E-state index contributed by atoms with van der Waals surface area (Å²) in [6, 6.07) is 26.5. The van der Waals surface area contributed by atoms with Crippen molar-refractivity contribution in [3.63, 3.8) is 0 Å². The number of nitrogens with zero attached hydrogens (tertiary/aromatic N) is 2. The molecule has 0 heterocycles. The van der Waals surface area contributed by atoms with Gasteiger partial charge >= 0.3 is 0 Å². The minimum atomic E-state index is -4.03. The van der Waals surface area contributed by atoms with Crippen molar-refractivity contribution >= 4 is 50.2 Å². The molecule has 0 saturated carbocycles. The van der Waals surface area contributed by atoms with E-state index in [2.05, 4.69) is 10.5 Å². The van der Waals surface area contributed by atoms with Crippen molar-refractivity contribution in [1.29, 1.82) is 0 Å². The number of hydrogen-bond acceptors (Lipinski definition) is 4. The first-order valence-electron chi connectivity index (χ1n) is 10.5. The smallest absolute Gasteiger partial charge is 0.264 e. The first-order chi connectivity index (χ1) is 16.4. The number of fused-ring (bicyclic) bond motifs is 1. The molecule has 0 aliphatic carbocycles. The van der Waals surface area contributed by atoms with Gasteiger partial charge < -0.3 is 0 Å². The average molecular weight is 492 g/mol. The quantitative estimate of drug-likeness (QED) is 0.287. The highest BCUT2D eigenvalue weighted by Crippen LogP contribution is 2.29. The maximum Gasteiger partial charge on any atom is 0.264 e. The normalized spacial score (nSPS) is 11.6. The fourth-order valence-electron chi connectivity index (χ4n) is 3.57. The molecule has 0 aliphatic heterocycles. The summed E-state index contributed by atoms with van der Waals surface area (Å²) in [6.07, 6.45) is 1.54. The Kier molecular flexibility index (Phi) is 6.95. The van der Waals surface area contributed by atoms with Crippen LogP contribution in [0.4, 0.5) is 5.69 Å². The Bertz CT molecular complexity index is 1470. The number of aryl methyl sites for hydroxylation is 1. The summed E-state index contributed by atoms with van der Waals surface area (Å²) in [7, 11) is -4.03. The van der Waals surface area contributed by atoms with Gasteiger partial charge in [-0.25, -0.2) is 13.8 Å². The number of anilines is 1. The lowest BCUT2D eigenvalue weighted by atomic mass is 10.1. The summed E-state index contributed by atoms with van der Waals surface area (Å²) < 4.78 is 27.9. The van der Waals surface area contributed by atoms with Crippen LogP contribution in [0.3, 0.4) is 0 Å². The Morgan fingerprint density at radius 3 is 2.47 bits per heavy atom. The first kappa shape index (κ1) is 23.5. The second-order valence-corrected chi connectivity index (χ2v) is 9.92. The standard InChI is InChI=1S/C26H22ClN3O3S/c1-19-14-15-22(27)16-25(19)30(34(32,33)23-11-3-2-4-12-23)18-26(31)29-28-17-21-10-7-9-20-8-5-6-13-24(20)21/h2-17H,18H2,1H3,(H,29,31)/b28-17-. The number of amides is 1. The van der Waals surface area contributed by atoms with E-state index in [1.54, 1.807) is 43.5 Å². The summed E-state index contributed by atoms with van der Waals surface area (Å²) in [6.45, 7) is 1.29. The van der Waals surface area contributed by atoms with Gasteiger partial charge in [-0.05, 0) is 47.5 Å². The number of sulfonamides is 1. The minimum Gasteiger partial charge on any atom is -0.271 e.